The van der Waals surface area contributed by atoms with Crippen LogP contribution in [-0.2, 0) is 14.8 Å². The molecule has 2 aromatic heterocycles. The molecular formula is C20H20N4O4S. The third kappa shape index (κ3) is 3.66. The first-order chi connectivity index (χ1) is 14.0. The molecule has 4 rings (SSSR count). The van der Waals surface area contributed by atoms with Crippen molar-refractivity contribution in [2.75, 3.05) is 13.6 Å². The van der Waals surface area contributed by atoms with E-state index in [9.17, 15) is 13.2 Å². The second-order valence-corrected chi connectivity index (χ2v) is 8.56. The lowest BCUT2D eigenvalue weighted by Gasteiger charge is -2.22. The van der Waals surface area contributed by atoms with Gasteiger partial charge in [0.25, 0.3) is 0 Å². The lowest BCUT2D eigenvalue weighted by Crippen LogP contribution is -2.44. The van der Waals surface area contributed by atoms with Crippen molar-refractivity contribution >= 4 is 26.8 Å². The number of ether oxygens (including phenoxy) is 1. The van der Waals surface area contributed by atoms with Crippen molar-refractivity contribution in [3.05, 3.63) is 61.1 Å². The van der Waals surface area contributed by atoms with Crippen molar-refractivity contribution in [3.8, 4) is 5.75 Å². The highest BCUT2D eigenvalue weighted by atomic mass is 32.2. The number of benzene rings is 1. The fourth-order valence-electron chi connectivity index (χ4n) is 3.54. The van der Waals surface area contributed by atoms with E-state index < -0.39 is 22.2 Å². The third-order valence-corrected chi connectivity index (χ3v) is 6.79. The van der Waals surface area contributed by atoms with Gasteiger partial charge in [0.1, 0.15) is 22.8 Å². The van der Waals surface area contributed by atoms with E-state index in [4.69, 9.17) is 4.74 Å². The first-order valence-corrected chi connectivity index (χ1v) is 10.6. The number of nitrogens with zero attached hydrogens (tertiary/aromatic N) is 3. The normalized spacial score (nSPS) is 19.9. The van der Waals surface area contributed by atoms with E-state index in [0.29, 0.717) is 16.7 Å². The highest BCUT2D eigenvalue weighted by Gasteiger charge is 2.45. The number of hydrogen-bond acceptors (Lipinski definition) is 6. The van der Waals surface area contributed by atoms with Crippen LogP contribution in [0.1, 0.15) is 6.42 Å². The summed E-state index contributed by atoms with van der Waals surface area (Å²) in [4.78, 5) is 20.8. The number of nitrogens with one attached hydrogen (secondary N) is 1. The fourth-order valence-corrected chi connectivity index (χ4v) is 5.34. The van der Waals surface area contributed by atoms with Gasteiger partial charge in [-0.2, -0.15) is 4.31 Å². The fraction of sp³-hybridized carbons (Fsp3) is 0.250. The maximum Gasteiger partial charge on any atom is 0.246 e. The Bertz CT molecular complexity index is 1130. The van der Waals surface area contributed by atoms with Crippen LogP contribution in [0.5, 0.6) is 5.75 Å². The molecule has 1 fully saturated rings. The minimum Gasteiger partial charge on any atom is -0.487 e. The zero-order chi connectivity index (χ0) is 20.4. The SMILES string of the molecule is CNC(=O)[C@@H]1C[C@H](Oc2cccnc2)CN1S(=O)(=O)c1cccc2cccnc12. The number of carbonyl (C=O) groups excluding carboxylic acids is 1. The Morgan fingerprint density at radius 2 is 1.97 bits per heavy atom. The molecule has 0 unspecified atom stereocenters. The molecule has 0 aliphatic carbocycles. The monoisotopic (exact) mass is 412 g/mol. The van der Waals surface area contributed by atoms with Crippen LogP contribution in [-0.4, -0.2) is 54.3 Å². The van der Waals surface area contributed by atoms with Crippen LogP contribution >= 0.6 is 0 Å². The van der Waals surface area contributed by atoms with Gasteiger partial charge in [-0.15, -0.1) is 0 Å². The summed E-state index contributed by atoms with van der Waals surface area (Å²) in [5.41, 5.74) is 0.377. The van der Waals surface area contributed by atoms with Crippen molar-refractivity contribution in [1.82, 2.24) is 19.6 Å². The van der Waals surface area contributed by atoms with Gasteiger partial charge in [-0.05, 0) is 24.3 Å². The van der Waals surface area contributed by atoms with Crippen LogP contribution in [0.2, 0.25) is 0 Å². The molecule has 8 nitrogen and oxygen atoms in total. The zero-order valence-electron chi connectivity index (χ0n) is 15.7. The molecule has 150 valence electrons. The van der Waals surface area contributed by atoms with Gasteiger partial charge in [0.15, 0.2) is 0 Å². The van der Waals surface area contributed by atoms with Gasteiger partial charge in [0, 0.05) is 31.2 Å². The summed E-state index contributed by atoms with van der Waals surface area (Å²) >= 11 is 0. The van der Waals surface area contributed by atoms with Gasteiger partial charge >= 0.3 is 0 Å². The van der Waals surface area contributed by atoms with Gasteiger partial charge in [-0.25, -0.2) is 8.42 Å². The molecule has 3 heterocycles. The van der Waals surface area contributed by atoms with Gasteiger partial charge in [0.05, 0.1) is 18.3 Å². The van der Waals surface area contributed by atoms with Crippen molar-refractivity contribution in [3.63, 3.8) is 0 Å². The number of para-hydroxylation sites is 1. The topological polar surface area (TPSA) is 101 Å². The molecule has 29 heavy (non-hydrogen) atoms. The number of sulfonamides is 1. The van der Waals surface area contributed by atoms with Crippen LogP contribution in [0.15, 0.2) is 66.0 Å². The second-order valence-electron chi connectivity index (χ2n) is 6.70. The van der Waals surface area contributed by atoms with Gasteiger partial charge in [-0.3, -0.25) is 14.8 Å². The summed E-state index contributed by atoms with van der Waals surface area (Å²) in [7, 11) is -2.49. The lowest BCUT2D eigenvalue weighted by molar-refractivity contribution is -0.123. The average molecular weight is 412 g/mol. The first-order valence-electron chi connectivity index (χ1n) is 9.14. The number of pyridine rings is 2. The van der Waals surface area contributed by atoms with Crippen molar-refractivity contribution in [2.24, 2.45) is 0 Å². The van der Waals surface area contributed by atoms with E-state index in [1.165, 1.54) is 17.4 Å². The Labute approximate surface area is 168 Å². The molecular weight excluding hydrogens is 392 g/mol. The van der Waals surface area contributed by atoms with E-state index in [0.717, 1.165) is 0 Å². The maximum absolute atomic E-state index is 13.5. The quantitative estimate of drug-likeness (QED) is 0.683. The van der Waals surface area contributed by atoms with E-state index in [1.54, 1.807) is 55.0 Å². The van der Waals surface area contributed by atoms with Crippen molar-refractivity contribution < 1.29 is 17.9 Å². The molecule has 1 aliphatic rings. The van der Waals surface area contributed by atoms with Crippen molar-refractivity contribution in [2.45, 2.75) is 23.5 Å². The van der Waals surface area contributed by atoms with Crippen molar-refractivity contribution in [1.29, 1.82) is 0 Å². The van der Waals surface area contributed by atoms with E-state index >= 15 is 0 Å². The molecule has 1 saturated heterocycles. The number of rotatable bonds is 5. The van der Waals surface area contributed by atoms with E-state index in [2.05, 4.69) is 15.3 Å². The minimum absolute atomic E-state index is 0.0541. The molecule has 0 saturated carbocycles. The summed E-state index contributed by atoms with van der Waals surface area (Å²) in [6.07, 6.45) is 4.50. The molecule has 0 spiro atoms. The number of carbonyl (C=O) groups is 1. The number of likely N-dealkylation sites (N-methyl/N-ethyl adjacent to an activating group) is 1. The minimum atomic E-state index is -3.98. The van der Waals surface area contributed by atoms with E-state index in [-0.39, 0.29) is 23.8 Å². The highest BCUT2D eigenvalue weighted by molar-refractivity contribution is 7.89. The first kappa shape index (κ1) is 19.3. The number of fused-ring (bicyclic) bond motifs is 1. The summed E-state index contributed by atoms with van der Waals surface area (Å²) in [5.74, 6) is 0.151. The van der Waals surface area contributed by atoms with Crippen LogP contribution in [0.4, 0.5) is 0 Å². The van der Waals surface area contributed by atoms with E-state index in [1.807, 2.05) is 0 Å². The molecule has 3 aromatic rings. The molecule has 9 heteroatoms. The standard InChI is InChI=1S/C20H20N4O4S/c1-21-20(25)17-11-16(28-15-7-4-9-22-12-15)13-24(17)29(26,27)18-8-2-5-14-6-3-10-23-19(14)18/h2-10,12,16-17H,11,13H2,1H3,(H,21,25)/t16-,17-/m0/s1. The Morgan fingerprint density at radius 3 is 2.72 bits per heavy atom. The van der Waals surface area contributed by atoms with Gasteiger partial charge < -0.3 is 10.1 Å². The summed E-state index contributed by atoms with van der Waals surface area (Å²) < 4.78 is 34.1. The predicted molar refractivity (Wildman–Crippen MR) is 107 cm³/mol. The molecule has 0 bridgehead atoms. The maximum atomic E-state index is 13.5. The summed E-state index contributed by atoms with van der Waals surface area (Å²) in [5, 5.41) is 3.27. The molecule has 1 aliphatic heterocycles. The molecule has 0 radical (unpaired) electrons. The Hall–Kier alpha value is -3.04. The Balaban J connectivity index is 1.71. The lowest BCUT2D eigenvalue weighted by atomic mass is 10.2. The summed E-state index contributed by atoms with van der Waals surface area (Å²) in [6, 6.07) is 11.1. The zero-order valence-corrected chi connectivity index (χ0v) is 16.5. The third-order valence-electron chi connectivity index (χ3n) is 4.89. The molecule has 1 amide bonds. The van der Waals surface area contributed by atoms with Crippen LogP contribution in [0.25, 0.3) is 10.9 Å². The van der Waals surface area contributed by atoms with Crippen LogP contribution < -0.4 is 10.1 Å². The van der Waals surface area contributed by atoms with Gasteiger partial charge in [-0.1, -0.05) is 18.2 Å². The molecule has 1 aromatic carbocycles. The largest absolute Gasteiger partial charge is 0.487 e. The Kier molecular flexibility index (Phi) is 5.16. The highest BCUT2D eigenvalue weighted by Crippen LogP contribution is 2.31. The number of hydrogen-bond donors (Lipinski definition) is 1. The number of aromatic nitrogens is 2. The number of amides is 1. The Morgan fingerprint density at radius 1 is 1.17 bits per heavy atom. The second kappa shape index (κ2) is 7.76. The average Bonchev–Trinajstić information content (AvgIpc) is 3.18. The van der Waals surface area contributed by atoms with Crippen LogP contribution in [0, 0.1) is 0 Å². The molecule has 1 N–H and O–H groups in total. The van der Waals surface area contributed by atoms with Gasteiger partial charge in [0.2, 0.25) is 15.9 Å². The predicted octanol–water partition coefficient (Wildman–Crippen LogP) is 1.59. The molecule has 2 atom stereocenters. The van der Waals surface area contributed by atoms with Crippen LogP contribution in [0.3, 0.4) is 0 Å². The smallest absolute Gasteiger partial charge is 0.246 e. The summed E-state index contributed by atoms with van der Waals surface area (Å²) in [6.45, 7) is 0.0541.